The molecule has 0 spiro atoms. The average molecular weight is 409 g/mol. The summed E-state index contributed by atoms with van der Waals surface area (Å²) in [5.41, 5.74) is 2.67. The van der Waals surface area contributed by atoms with Crippen molar-refractivity contribution in [2.45, 2.75) is 13.5 Å². The summed E-state index contributed by atoms with van der Waals surface area (Å²) in [6.45, 7) is 2.42. The summed E-state index contributed by atoms with van der Waals surface area (Å²) in [5, 5.41) is 11.6. The normalized spacial score (nSPS) is 10.8. The Morgan fingerprint density at radius 3 is 2.83 bits per heavy atom. The summed E-state index contributed by atoms with van der Waals surface area (Å²) in [5.74, 6) is -0.331. The molecule has 2 aromatic heterocycles. The molecular formula is C16H15BrClN5O. The standard InChI is InChI=1S/C16H15BrClN5O/c1-10-14(18)15(21-22(10)2)16(24)20-13-5-3-4-11(6-13)8-23-9-12(17)7-19-23/h3-7,9H,8H2,1-2H3,(H,20,24). The minimum Gasteiger partial charge on any atom is -0.321 e. The van der Waals surface area contributed by atoms with Crippen molar-refractivity contribution in [3.63, 3.8) is 0 Å². The van der Waals surface area contributed by atoms with Gasteiger partial charge in [0.05, 0.1) is 27.9 Å². The fraction of sp³-hybridized carbons (Fsp3) is 0.188. The van der Waals surface area contributed by atoms with Crippen molar-refractivity contribution in [1.29, 1.82) is 0 Å². The summed E-state index contributed by atoms with van der Waals surface area (Å²) < 4.78 is 4.32. The maximum atomic E-state index is 12.4. The number of halogens is 2. The van der Waals surface area contributed by atoms with Gasteiger partial charge in [0, 0.05) is 18.9 Å². The number of carbonyl (C=O) groups is 1. The van der Waals surface area contributed by atoms with Crippen molar-refractivity contribution in [3.8, 4) is 0 Å². The summed E-state index contributed by atoms with van der Waals surface area (Å²) in [6.07, 6.45) is 3.62. The molecule has 1 aromatic carbocycles. The molecule has 0 saturated heterocycles. The Hall–Kier alpha value is -2.12. The molecule has 0 bridgehead atoms. The van der Waals surface area contributed by atoms with E-state index in [9.17, 15) is 4.79 Å². The van der Waals surface area contributed by atoms with Gasteiger partial charge in [-0.25, -0.2) is 0 Å². The van der Waals surface area contributed by atoms with Crippen molar-refractivity contribution in [2.24, 2.45) is 7.05 Å². The van der Waals surface area contributed by atoms with Crippen LogP contribution in [0.1, 0.15) is 21.7 Å². The van der Waals surface area contributed by atoms with Gasteiger partial charge in [-0.3, -0.25) is 14.2 Å². The van der Waals surface area contributed by atoms with E-state index in [1.165, 1.54) is 0 Å². The number of nitrogens with zero attached hydrogens (tertiary/aromatic N) is 4. The molecule has 0 aliphatic rings. The Balaban J connectivity index is 1.76. The van der Waals surface area contributed by atoms with Gasteiger partial charge in [-0.2, -0.15) is 10.2 Å². The lowest BCUT2D eigenvalue weighted by atomic mass is 10.2. The molecule has 0 atom stereocenters. The second-order valence-electron chi connectivity index (χ2n) is 5.38. The number of amides is 1. The molecule has 1 amide bonds. The maximum absolute atomic E-state index is 12.4. The van der Waals surface area contributed by atoms with Crippen LogP contribution >= 0.6 is 27.5 Å². The smallest absolute Gasteiger partial charge is 0.277 e. The Labute approximate surface area is 152 Å². The minimum atomic E-state index is -0.331. The summed E-state index contributed by atoms with van der Waals surface area (Å²) in [6, 6.07) is 7.58. The lowest BCUT2D eigenvalue weighted by Gasteiger charge is -2.07. The van der Waals surface area contributed by atoms with Crippen LogP contribution in [0, 0.1) is 6.92 Å². The van der Waals surface area contributed by atoms with Crippen LogP contribution in [0.15, 0.2) is 41.1 Å². The highest BCUT2D eigenvalue weighted by Crippen LogP contribution is 2.21. The summed E-state index contributed by atoms with van der Waals surface area (Å²) in [7, 11) is 1.75. The Morgan fingerprint density at radius 1 is 1.42 bits per heavy atom. The highest BCUT2D eigenvalue weighted by molar-refractivity contribution is 9.10. The predicted molar refractivity (Wildman–Crippen MR) is 96.4 cm³/mol. The molecule has 3 rings (SSSR count). The van der Waals surface area contributed by atoms with Gasteiger partial charge in [-0.1, -0.05) is 23.7 Å². The van der Waals surface area contributed by atoms with Crippen molar-refractivity contribution >= 4 is 39.1 Å². The van der Waals surface area contributed by atoms with E-state index >= 15 is 0 Å². The number of benzene rings is 1. The van der Waals surface area contributed by atoms with E-state index in [2.05, 4.69) is 31.4 Å². The van der Waals surface area contributed by atoms with Gasteiger partial charge >= 0.3 is 0 Å². The van der Waals surface area contributed by atoms with Gasteiger partial charge in [0.1, 0.15) is 0 Å². The van der Waals surface area contributed by atoms with Crippen molar-refractivity contribution < 1.29 is 4.79 Å². The van der Waals surface area contributed by atoms with E-state index in [4.69, 9.17) is 11.6 Å². The first-order valence-corrected chi connectivity index (χ1v) is 8.38. The zero-order valence-electron chi connectivity index (χ0n) is 13.1. The van der Waals surface area contributed by atoms with Gasteiger partial charge in [0.2, 0.25) is 0 Å². The minimum absolute atomic E-state index is 0.220. The second kappa shape index (κ2) is 6.78. The largest absolute Gasteiger partial charge is 0.321 e. The van der Waals surface area contributed by atoms with E-state index in [-0.39, 0.29) is 11.6 Å². The molecule has 8 heteroatoms. The molecular weight excluding hydrogens is 394 g/mol. The van der Waals surface area contributed by atoms with Crippen LogP contribution in [-0.2, 0) is 13.6 Å². The number of carbonyl (C=O) groups excluding carboxylic acids is 1. The molecule has 0 unspecified atom stereocenters. The van der Waals surface area contributed by atoms with E-state index in [1.807, 2.05) is 42.1 Å². The molecule has 0 fully saturated rings. The third kappa shape index (κ3) is 3.52. The molecule has 0 saturated carbocycles. The monoisotopic (exact) mass is 407 g/mol. The average Bonchev–Trinajstić information content (AvgIpc) is 3.06. The van der Waals surface area contributed by atoms with Gasteiger partial charge in [0.25, 0.3) is 5.91 Å². The second-order valence-corrected chi connectivity index (χ2v) is 6.68. The van der Waals surface area contributed by atoms with Crippen molar-refractivity contribution in [2.75, 3.05) is 5.32 Å². The molecule has 2 heterocycles. The molecule has 24 heavy (non-hydrogen) atoms. The van der Waals surface area contributed by atoms with Crippen molar-refractivity contribution in [1.82, 2.24) is 19.6 Å². The van der Waals surface area contributed by atoms with E-state index in [0.29, 0.717) is 17.3 Å². The number of hydrogen-bond donors (Lipinski definition) is 1. The molecule has 0 aliphatic carbocycles. The Bertz CT molecular complexity index is 902. The highest BCUT2D eigenvalue weighted by Gasteiger charge is 2.18. The predicted octanol–water partition coefficient (Wildman–Crippen LogP) is 3.64. The number of aryl methyl sites for hydroxylation is 1. The van der Waals surface area contributed by atoms with Crippen molar-refractivity contribution in [3.05, 3.63) is 63.1 Å². The molecule has 0 radical (unpaired) electrons. The third-order valence-electron chi connectivity index (χ3n) is 3.61. The molecule has 0 aliphatic heterocycles. The summed E-state index contributed by atoms with van der Waals surface area (Å²) >= 11 is 9.53. The molecule has 124 valence electrons. The SMILES string of the molecule is Cc1c(Cl)c(C(=O)Nc2cccc(Cn3cc(Br)cn3)c2)nn1C. The van der Waals surface area contributed by atoms with Crippen LogP contribution in [0.3, 0.4) is 0 Å². The topological polar surface area (TPSA) is 64.7 Å². The number of hydrogen-bond acceptors (Lipinski definition) is 3. The first-order chi connectivity index (χ1) is 11.4. The van der Waals surface area contributed by atoms with E-state index in [1.54, 1.807) is 17.9 Å². The third-order valence-corrected chi connectivity index (χ3v) is 4.47. The van der Waals surface area contributed by atoms with Crippen LogP contribution in [0.2, 0.25) is 5.02 Å². The van der Waals surface area contributed by atoms with Crippen LogP contribution < -0.4 is 5.32 Å². The van der Waals surface area contributed by atoms with E-state index in [0.717, 1.165) is 15.7 Å². The van der Waals surface area contributed by atoms with E-state index < -0.39 is 0 Å². The van der Waals surface area contributed by atoms with Crippen LogP contribution in [0.4, 0.5) is 5.69 Å². The van der Waals surface area contributed by atoms with Gasteiger partial charge < -0.3 is 5.32 Å². The Morgan fingerprint density at radius 2 is 2.21 bits per heavy atom. The zero-order chi connectivity index (χ0) is 17.3. The fourth-order valence-electron chi connectivity index (χ4n) is 2.28. The molecule has 3 aromatic rings. The quantitative estimate of drug-likeness (QED) is 0.717. The first kappa shape index (κ1) is 16.7. The van der Waals surface area contributed by atoms with Gasteiger partial charge in [-0.05, 0) is 40.5 Å². The van der Waals surface area contributed by atoms with Gasteiger partial charge in [0.15, 0.2) is 5.69 Å². The van der Waals surface area contributed by atoms with Crippen LogP contribution in [-0.4, -0.2) is 25.5 Å². The first-order valence-electron chi connectivity index (χ1n) is 7.21. The molecule has 6 nitrogen and oxygen atoms in total. The molecule has 1 N–H and O–H groups in total. The van der Waals surface area contributed by atoms with Gasteiger partial charge in [-0.15, -0.1) is 0 Å². The number of anilines is 1. The number of rotatable bonds is 4. The lowest BCUT2D eigenvalue weighted by Crippen LogP contribution is -2.13. The fourth-order valence-corrected chi connectivity index (χ4v) is 2.85. The summed E-state index contributed by atoms with van der Waals surface area (Å²) in [4.78, 5) is 12.4. The number of aromatic nitrogens is 4. The van der Waals surface area contributed by atoms with Crippen LogP contribution in [0.25, 0.3) is 0 Å². The number of nitrogens with one attached hydrogen (secondary N) is 1. The zero-order valence-corrected chi connectivity index (χ0v) is 15.5. The van der Waals surface area contributed by atoms with Crippen LogP contribution in [0.5, 0.6) is 0 Å². The Kier molecular flexibility index (Phi) is 4.73. The maximum Gasteiger partial charge on any atom is 0.277 e. The lowest BCUT2D eigenvalue weighted by molar-refractivity contribution is 0.102. The highest BCUT2D eigenvalue weighted by atomic mass is 79.9.